The van der Waals surface area contributed by atoms with Gasteiger partial charge in [0.1, 0.15) is 5.75 Å². The predicted molar refractivity (Wildman–Crippen MR) is 71.5 cm³/mol. The zero-order valence-corrected chi connectivity index (χ0v) is 10.7. The summed E-state index contributed by atoms with van der Waals surface area (Å²) >= 11 is 0. The quantitative estimate of drug-likeness (QED) is 0.871. The molecule has 2 rings (SSSR count). The summed E-state index contributed by atoms with van der Waals surface area (Å²) in [6, 6.07) is 6.97. The molecule has 0 spiro atoms. The van der Waals surface area contributed by atoms with Gasteiger partial charge in [0.2, 0.25) is 0 Å². The number of aliphatic carboxylic acids is 2. The number of carboxylic acid groups (broad SMARTS) is 2. The van der Waals surface area contributed by atoms with Gasteiger partial charge in [-0.2, -0.15) is 0 Å². The number of ether oxygens (including phenoxy) is 1. The molecule has 6 heteroatoms. The number of para-hydroxylation sites is 2. The predicted octanol–water partition coefficient (Wildman–Crippen LogP) is 1.84. The first-order chi connectivity index (χ1) is 9.52. The van der Waals surface area contributed by atoms with Crippen LogP contribution in [0.25, 0.3) is 0 Å². The average molecular weight is 275 g/mol. The Morgan fingerprint density at radius 1 is 1.10 bits per heavy atom. The van der Waals surface area contributed by atoms with Gasteiger partial charge in [-0.1, -0.05) is 12.1 Å². The highest BCUT2D eigenvalue weighted by molar-refractivity contribution is 5.95. The van der Waals surface area contributed by atoms with Crippen molar-refractivity contribution in [1.29, 1.82) is 0 Å². The lowest BCUT2D eigenvalue weighted by Crippen LogP contribution is -2.21. The number of rotatable bonds is 4. The van der Waals surface area contributed by atoms with E-state index in [1.54, 1.807) is 24.3 Å². The van der Waals surface area contributed by atoms with E-state index < -0.39 is 11.9 Å². The number of anilines is 1. The Labute approximate surface area is 115 Å². The summed E-state index contributed by atoms with van der Waals surface area (Å²) in [4.78, 5) is 23.7. The van der Waals surface area contributed by atoms with Gasteiger partial charge in [0.25, 0.3) is 0 Å². The maximum absolute atomic E-state index is 11.1. The van der Waals surface area contributed by atoms with Crippen LogP contribution >= 0.6 is 0 Å². The molecule has 1 aromatic carbocycles. The summed E-state index contributed by atoms with van der Waals surface area (Å²) in [6.07, 6.45) is 2.68. The summed E-state index contributed by atoms with van der Waals surface area (Å²) in [5.41, 5.74) is 0.596. The second-order valence-corrected chi connectivity index (χ2v) is 4.17. The van der Waals surface area contributed by atoms with Crippen molar-refractivity contribution in [1.82, 2.24) is 0 Å². The standard InChI is InChI=1S/C14H13NO5/c1-20-12-5-3-2-4-11(12)15-7-9(13(16)17)6-10(8-15)14(18)19/h2-5,7-8H,6H2,1H3,(H,16,17)(H,18,19). The van der Waals surface area contributed by atoms with Gasteiger partial charge < -0.3 is 19.8 Å². The highest BCUT2D eigenvalue weighted by atomic mass is 16.5. The van der Waals surface area contributed by atoms with E-state index in [-0.39, 0.29) is 17.6 Å². The Balaban J connectivity index is 2.49. The van der Waals surface area contributed by atoms with E-state index in [9.17, 15) is 9.59 Å². The van der Waals surface area contributed by atoms with Crippen molar-refractivity contribution in [3.63, 3.8) is 0 Å². The Kier molecular flexibility index (Phi) is 3.74. The molecular formula is C14H13NO5. The van der Waals surface area contributed by atoms with Crippen LogP contribution in [0.3, 0.4) is 0 Å². The third-order valence-corrected chi connectivity index (χ3v) is 2.88. The molecule has 2 N–H and O–H groups in total. The second-order valence-electron chi connectivity index (χ2n) is 4.17. The highest BCUT2D eigenvalue weighted by Gasteiger charge is 2.23. The zero-order valence-electron chi connectivity index (χ0n) is 10.7. The van der Waals surface area contributed by atoms with Crippen molar-refractivity contribution in [2.45, 2.75) is 6.42 Å². The third-order valence-electron chi connectivity index (χ3n) is 2.88. The summed E-state index contributed by atoms with van der Waals surface area (Å²) < 4.78 is 5.19. The first-order valence-corrected chi connectivity index (χ1v) is 5.82. The number of carboxylic acids is 2. The monoisotopic (exact) mass is 275 g/mol. The normalized spacial score (nSPS) is 14.3. The number of hydrogen-bond acceptors (Lipinski definition) is 4. The molecule has 0 saturated carbocycles. The number of benzene rings is 1. The lowest BCUT2D eigenvalue weighted by molar-refractivity contribution is -0.133. The summed E-state index contributed by atoms with van der Waals surface area (Å²) in [7, 11) is 1.49. The smallest absolute Gasteiger partial charge is 0.333 e. The van der Waals surface area contributed by atoms with Gasteiger partial charge in [-0.3, -0.25) is 0 Å². The molecule has 1 heterocycles. The molecule has 0 bridgehead atoms. The zero-order chi connectivity index (χ0) is 14.7. The van der Waals surface area contributed by atoms with Crippen molar-refractivity contribution in [3.05, 3.63) is 47.8 Å². The topological polar surface area (TPSA) is 87.1 Å². The number of nitrogens with zero attached hydrogens (tertiary/aromatic N) is 1. The van der Waals surface area contributed by atoms with Gasteiger partial charge in [-0.05, 0) is 12.1 Å². The first-order valence-electron chi connectivity index (χ1n) is 5.82. The fraction of sp³-hybridized carbons (Fsp3) is 0.143. The van der Waals surface area contributed by atoms with Gasteiger partial charge in [-0.25, -0.2) is 9.59 Å². The van der Waals surface area contributed by atoms with Gasteiger partial charge >= 0.3 is 11.9 Å². The Bertz CT molecular complexity index is 588. The Morgan fingerprint density at radius 3 is 2.15 bits per heavy atom. The molecule has 0 unspecified atom stereocenters. The molecule has 0 amide bonds. The summed E-state index contributed by atoms with van der Waals surface area (Å²) in [6.45, 7) is 0. The minimum atomic E-state index is -1.14. The lowest BCUT2D eigenvalue weighted by atomic mass is 10.0. The van der Waals surface area contributed by atoms with E-state index in [1.807, 2.05) is 0 Å². The second kappa shape index (κ2) is 5.48. The molecule has 0 saturated heterocycles. The van der Waals surface area contributed by atoms with Crippen molar-refractivity contribution in [3.8, 4) is 5.75 Å². The molecule has 0 fully saturated rings. The first kappa shape index (κ1) is 13.7. The SMILES string of the molecule is COc1ccccc1N1C=C(C(=O)O)CC(C(=O)O)=C1. The maximum Gasteiger partial charge on any atom is 0.333 e. The van der Waals surface area contributed by atoms with E-state index in [1.165, 1.54) is 24.4 Å². The van der Waals surface area contributed by atoms with Crippen LogP contribution in [-0.4, -0.2) is 29.3 Å². The molecule has 104 valence electrons. The number of carbonyl (C=O) groups is 2. The molecular weight excluding hydrogens is 262 g/mol. The molecule has 0 aromatic heterocycles. The molecule has 0 aliphatic carbocycles. The van der Waals surface area contributed by atoms with E-state index in [4.69, 9.17) is 14.9 Å². The largest absolute Gasteiger partial charge is 0.495 e. The fourth-order valence-electron chi connectivity index (χ4n) is 1.91. The van der Waals surface area contributed by atoms with Gasteiger partial charge in [0.15, 0.2) is 0 Å². The van der Waals surface area contributed by atoms with Crippen LogP contribution in [0.15, 0.2) is 47.8 Å². The van der Waals surface area contributed by atoms with Crippen molar-refractivity contribution in [2.24, 2.45) is 0 Å². The van der Waals surface area contributed by atoms with Gasteiger partial charge in [-0.15, -0.1) is 0 Å². The van der Waals surface area contributed by atoms with Crippen LogP contribution in [0.1, 0.15) is 6.42 Å². The molecule has 1 aromatic rings. The lowest BCUT2D eigenvalue weighted by Gasteiger charge is -2.24. The molecule has 20 heavy (non-hydrogen) atoms. The molecule has 1 aliphatic heterocycles. The molecule has 0 radical (unpaired) electrons. The van der Waals surface area contributed by atoms with Crippen molar-refractivity contribution in [2.75, 3.05) is 12.0 Å². The Morgan fingerprint density at radius 2 is 1.65 bits per heavy atom. The van der Waals surface area contributed by atoms with Crippen LogP contribution in [0.4, 0.5) is 5.69 Å². The van der Waals surface area contributed by atoms with Crippen LogP contribution in [-0.2, 0) is 9.59 Å². The molecule has 6 nitrogen and oxygen atoms in total. The minimum Gasteiger partial charge on any atom is -0.495 e. The Hall–Kier alpha value is -2.76. The van der Waals surface area contributed by atoms with Crippen LogP contribution in [0.2, 0.25) is 0 Å². The average Bonchev–Trinajstić information content (AvgIpc) is 2.46. The maximum atomic E-state index is 11.1. The van der Waals surface area contributed by atoms with Crippen LogP contribution < -0.4 is 9.64 Å². The molecule has 1 aliphatic rings. The van der Waals surface area contributed by atoms with Gasteiger partial charge in [0.05, 0.1) is 23.9 Å². The van der Waals surface area contributed by atoms with Crippen LogP contribution in [0.5, 0.6) is 5.75 Å². The van der Waals surface area contributed by atoms with Gasteiger partial charge in [0, 0.05) is 18.8 Å². The summed E-state index contributed by atoms with van der Waals surface area (Å²) in [5.74, 6) is -1.76. The molecule has 0 atom stereocenters. The van der Waals surface area contributed by atoms with E-state index in [2.05, 4.69) is 0 Å². The third kappa shape index (κ3) is 2.64. The number of hydrogen-bond donors (Lipinski definition) is 2. The fourth-order valence-corrected chi connectivity index (χ4v) is 1.91. The van der Waals surface area contributed by atoms with Crippen molar-refractivity contribution < 1.29 is 24.5 Å². The highest BCUT2D eigenvalue weighted by Crippen LogP contribution is 2.32. The van der Waals surface area contributed by atoms with Crippen molar-refractivity contribution >= 4 is 17.6 Å². The minimum absolute atomic E-state index is 0.0100. The van der Waals surface area contributed by atoms with Crippen LogP contribution in [0, 0.1) is 0 Å². The van der Waals surface area contributed by atoms with E-state index >= 15 is 0 Å². The van der Waals surface area contributed by atoms with E-state index in [0.717, 1.165) is 0 Å². The van der Waals surface area contributed by atoms with E-state index in [0.29, 0.717) is 11.4 Å². The summed E-state index contributed by atoms with van der Waals surface area (Å²) in [5, 5.41) is 18.2. The number of methoxy groups -OCH3 is 1.